The van der Waals surface area contributed by atoms with Crippen molar-refractivity contribution in [3.8, 4) is 0 Å². The fourth-order valence-electron chi connectivity index (χ4n) is 2.53. The first-order chi connectivity index (χ1) is 11.9. The zero-order valence-electron chi connectivity index (χ0n) is 14.3. The van der Waals surface area contributed by atoms with Gasteiger partial charge in [0.2, 0.25) is 0 Å². The van der Waals surface area contributed by atoms with Crippen molar-refractivity contribution in [3.63, 3.8) is 0 Å². The number of aromatic nitrogens is 2. The predicted octanol–water partition coefficient (Wildman–Crippen LogP) is 4.02. The van der Waals surface area contributed by atoms with Gasteiger partial charge in [0.25, 0.3) is 10.0 Å². The summed E-state index contributed by atoms with van der Waals surface area (Å²) in [6, 6.07) is 12.2. The van der Waals surface area contributed by atoms with E-state index in [1.165, 1.54) is 0 Å². The third kappa shape index (κ3) is 4.33. The SMILES string of the molecule is CC(C)CCc1ccc(S(=O)(=O)Nc2ccc3nccnc3c2)cc1. The Kier molecular flexibility index (Phi) is 4.99. The minimum Gasteiger partial charge on any atom is -0.280 e. The average molecular weight is 355 g/mol. The van der Waals surface area contributed by atoms with E-state index in [-0.39, 0.29) is 4.90 Å². The largest absolute Gasteiger partial charge is 0.280 e. The molecule has 0 saturated heterocycles. The number of anilines is 1. The first kappa shape index (κ1) is 17.4. The molecule has 3 aromatic rings. The van der Waals surface area contributed by atoms with Crippen LogP contribution >= 0.6 is 0 Å². The molecule has 0 unspecified atom stereocenters. The Balaban J connectivity index is 1.78. The molecule has 5 nitrogen and oxygen atoms in total. The molecule has 1 N–H and O–H groups in total. The van der Waals surface area contributed by atoms with Crippen LogP contribution in [-0.2, 0) is 16.4 Å². The van der Waals surface area contributed by atoms with E-state index in [0.29, 0.717) is 17.1 Å². The normalized spacial score (nSPS) is 11.8. The van der Waals surface area contributed by atoms with Crippen LogP contribution in [0.25, 0.3) is 11.0 Å². The molecule has 0 aliphatic rings. The molecule has 0 bridgehead atoms. The van der Waals surface area contributed by atoms with Crippen LogP contribution in [0.3, 0.4) is 0 Å². The quantitative estimate of drug-likeness (QED) is 0.725. The van der Waals surface area contributed by atoms with Gasteiger partial charge in [0, 0.05) is 12.4 Å². The van der Waals surface area contributed by atoms with E-state index < -0.39 is 10.0 Å². The summed E-state index contributed by atoms with van der Waals surface area (Å²) in [5.41, 5.74) is 2.98. The zero-order valence-corrected chi connectivity index (χ0v) is 15.1. The van der Waals surface area contributed by atoms with Gasteiger partial charge in [-0.2, -0.15) is 0 Å². The molecule has 0 amide bonds. The molecule has 2 aromatic carbocycles. The third-order valence-corrected chi connectivity index (χ3v) is 5.36. The predicted molar refractivity (Wildman–Crippen MR) is 99.9 cm³/mol. The minimum atomic E-state index is -3.63. The van der Waals surface area contributed by atoms with Crippen LogP contribution in [-0.4, -0.2) is 18.4 Å². The highest BCUT2D eigenvalue weighted by atomic mass is 32.2. The molecule has 6 heteroatoms. The van der Waals surface area contributed by atoms with Gasteiger partial charge >= 0.3 is 0 Å². The molecule has 25 heavy (non-hydrogen) atoms. The summed E-state index contributed by atoms with van der Waals surface area (Å²) in [7, 11) is -3.63. The standard InChI is InChI=1S/C19H21N3O2S/c1-14(2)3-4-15-5-8-17(9-6-15)25(23,24)22-16-7-10-18-19(13-16)21-12-11-20-18/h5-14,22H,3-4H2,1-2H3. The lowest BCUT2D eigenvalue weighted by Crippen LogP contribution is -2.13. The second kappa shape index (κ2) is 7.19. The number of hydrogen-bond acceptors (Lipinski definition) is 4. The van der Waals surface area contributed by atoms with Crippen molar-refractivity contribution in [2.45, 2.75) is 31.6 Å². The summed E-state index contributed by atoms with van der Waals surface area (Å²) in [6.07, 6.45) is 5.22. The molecule has 0 aliphatic carbocycles. The van der Waals surface area contributed by atoms with Gasteiger partial charge in [0.05, 0.1) is 21.6 Å². The maximum absolute atomic E-state index is 12.6. The van der Waals surface area contributed by atoms with Crippen molar-refractivity contribution in [3.05, 3.63) is 60.4 Å². The Hall–Kier alpha value is -2.47. The summed E-state index contributed by atoms with van der Waals surface area (Å²) < 4.78 is 27.7. The van der Waals surface area contributed by atoms with Gasteiger partial charge < -0.3 is 0 Å². The summed E-state index contributed by atoms with van der Waals surface area (Å²) in [6.45, 7) is 4.35. The average Bonchev–Trinajstić information content (AvgIpc) is 2.60. The Morgan fingerprint density at radius 1 is 0.960 bits per heavy atom. The number of aryl methyl sites for hydroxylation is 1. The number of sulfonamides is 1. The van der Waals surface area contributed by atoms with E-state index in [1.807, 2.05) is 12.1 Å². The zero-order chi connectivity index (χ0) is 17.9. The van der Waals surface area contributed by atoms with Crippen molar-refractivity contribution in [2.24, 2.45) is 5.92 Å². The Bertz CT molecular complexity index is 967. The lowest BCUT2D eigenvalue weighted by atomic mass is 10.0. The second-order valence-electron chi connectivity index (χ2n) is 6.44. The molecule has 0 saturated carbocycles. The topological polar surface area (TPSA) is 72.0 Å². The molecule has 0 aliphatic heterocycles. The third-order valence-electron chi connectivity index (χ3n) is 3.97. The molecule has 1 heterocycles. The number of nitrogens with zero attached hydrogens (tertiary/aromatic N) is 2. The van der Waals surface area contributed by atoms with Crippen LogP contribution in [0, 0.1) is 5.92 Å². The molecule has 0 atom stereocenters. The summed E-state index contributed by atoms with van der Waals surface area (Å²) in [4.78, 5) is 8.62. The number of hydrogen-bond donors (Lipinski definition) is 1. The van der Waals surface area contributed by atoms with Crippen LogP contribution in [0.15, 0.2) is 59.8 Å². The Morgan fingerprint density at radius 3 is 2.32 bits per heavy atom. The van der Waals surface area contributed by atoms with Gasteiger partial charge in [-0.3, -0.25) is 14.7 Å². The van der Waals surface area contributed by atoms with Crippen LogP contribution in [0.1, 0.15) is 25.8 Å². The first-order valence-electron chi connectivity index (χ1n) is 8.26. The van der Waals surface area contributed by atoms with Gasteiger partial charge in [0.15, 0.2) is 0 Å². The highest BCUT2D eigenvalue weighted by molar-refractivity contribution is 7.92. The van der Waals surface area contributed by atoms with E-state index in [9.17, 15) is 8.42 Å². The number of fused-ring (bicyclic) bond motifs is 1. The summed E-state index contributed by atoms with van der Waals surface area (Å²) in [5.74, 6) is 0.626. The van der Waals surface area contributed by atoms with Gasteiger partial charge in [-0.05, 0) is 54.7 Å². The highest BCUT2D eigenvalue weighted by Gasteiger charge is 2.14. The van der Waals surface area contributed by atoms with Crippen molar-refractivity contribution >= 4 is 26.7 Å². The lowest BCUT2D eigenvalue weighted by Gasteiger charge is -2.10. The molecular weight excluding hydrogens is 334 g/mol. The maximum atomic E-state index is 12.6. The molecule has 1 aromatic heterocycles. The molecule has 130 valence electrons. The number of rotatable bonds is 6. The fourth-order valence-corrected chi connectivity index (χ4v) is 3.58. The molecular formula is C19H21N3O2S. The van der Waals surface area contributed by atoms with Crippen LogP contribution in [0.2, 0.25) is 0 Å². The van der Waals surface area contributed by atoms with Crippen molar-refractivity contribution in [1.82, 2.24) is 9.97 Å². The highest BCUT2D eigenvalue weighted by Crippen LogP contribution is 2.20. The van der Waals surface area contributed by atoms with Crippen molar-refractivity contribution in [2.75, 3.05) is 4.72 Å². The van der Waals surface area contributed by atoms with Crippen molar-refractivity contribution < 1.29 is 8.42 Å². The smallest absolute Gasteiger partial charge is 0.261 e. The fraction of sp³-hybridized carbons (Fsp3) is 0.263. The minimum absolute atomic E-state index is 0.250. The van der Waals surface area contributed by atoms with E-state index in [0.717, 1.165) is 23.9 Å². The van der Waals surface area contributed by atoms with Gasteiger partial charge in [-0.25, -0.2) is 8.42 Å². The van der Waals surface area contributed by atoms with E-state index in [2.05, 4.69) is 28.5 Å². The molecule has 0 fully saturated rings. The Labute approximate surface area is 148 Å². The lowest BCUT2D eigenvalue weighted by molar-refractivity contribution is 0.586. The van der Waals surface area contributed by atoms with Crippen LogP contribution < -0.4 is 4.72 Å². The summed E-state index contributed by atoms with van der Waals surface area (Å²) in [5, 5.41) is 0. The van der Waals surface area contributed by atoms with Gasteiger partial charge in [-0.1, -0.05) is 26.0 Å². The second-order valence-corrected chi connectivity index (χ2v) is 8.12. The number of benzene rings is 2. The monoisotopic (exact) mass is 355 g/mol. The van der Waals surface area contributed by atoms with Crippen molar-refractivity contribution in [1.29, 1.82) is 0 Å². The Morgan fingerprint density at radius 2 is 1.64 bits per heavy atom. The number of nitrogens with one attached hydrogen (secondary N) is 1. The summed E-state index contributed by atoms with van der Waals surface area (Å²) >= 11 is 0. The van der Waals surface area contributed by atoms with E-state index >= 15 is 0 Å². The van der Waals surface area contributed by atoms with Gasteiger partial charge in [-0.15, -0.1) is 0 Å². The van der Waals surface area contributed by atoms with E-state index in [4.69, 9.17) is 0 Å². The van der Waals surface area contributed by atoms with E-state index in [1.54, 1.807) is 42.7 Å². The van der Waals surface area contributed by atoms with Crippen LogP contribution in [0.5, 0.6) is 0 Å². The molecule has 0 spiro atoms. The molecule has 3 rings (SSSR count). The van der Waals surface area contributed by atoms with Gasteiger partial charge in [0.1, 0.15) is 0 Å². The van der Waals surface area contributed by atoms with Crippen LogP contribution in [0.4, 0.5) is 5.69 Å². The maximum Gasteiger partial charge on any atom is 0.261 e. The molecule has 0 radical (unpaired) electrons. The first-order valence-corrected chi connectivity index (χ1v) is 9.75.